The molecule has 0 spiro atoms. The first-order chi connectivity index (χ1) is 10.2. The van der Waals surface area contributed by atoms with Crippen LogP contribution in [0.15, 0.2) is 24.3 Å². The Morgan fingerprint density at radius 2 is 2.00 bits per heavy atom. The zero-order valence-corrected chi connectivity index (χ0v) is 12.7. The SMILES string of the molecule is CCOC(=O)C(CC)(c1ccccc1F)N1CCNCC1. The lowest BCUT2D eigenvalue weighted by molar-refractivity contribution is -0.160. The van der Waals surface area contributed by atoms with Crippen LogP contribution in [0, 0.1) is 5.82 Å². The van der Waals surface area contributed by atoms with Crippen LogP contribution >= 0.6 is 0 Å². The zero-order chi connectivity index (χ0) is 15.3. The average molecular weight is 294 g/mol. The largest absolute Gasteiger partial charge is 0.464 e. The number of nitrogens with one attached hydrogen (secondary N) is 1. The fourth-order valence-corrected chi connectivity index (χ4v) is 3.06. The van der Waals surface area contributed by atoms with E-state index in [-0.39, 0.29) is 11.8 Å². The van der Waals surface area contributed by atoms with Gasteiger partial charge >= 0.3 is 5.97 Å². The summed E-state index contributed by atoms with van der Waals surface area (Å²) in [6.07, 6.45) is 0.479. The summed E-state index contributed by atoms with van der Waals surface area (Å²) < 4.78 is 19.7. The number of piperazine rings is 1. The van der Waals surface area contributed by atoms with Crippen molar-refractivity contribution in [3.8, 4) is 0 Å². The number of carbonyl (C=O) groups is 1. The predicted octanol–water partition coefficient (Wildman–Crippen LogP) is 1.90. The Bertz CT molecular complexity index is 489. The summed E-state index contributed by atoms with van der Waals surface area (Å²) in [5, 5.41) is 3.26. The zero-order valence-electron chi connectivity index (χ0n) is 12.7. The second kappa shape index (κ2) is 7.00. The molecule has 0 aliphatic carbocycles. The molecule has 1 fully saturated rings. The third kappa shape index (κ3) is 2.94. The molecular weight excluding hydrogens is 271 g/mol. The Morgan fingerprint density at radius 3 is 2.57 bits per heavy atom. The molecule has 1 aliphatic rings. The lowest BCUT2D eigenvalue weighted by atomic mass is 9.84. The third-order valence-corrected chi connectivity index (χ3v) is 4.10. The maximum atomic E-state index is 14.4. The van der Waals surface area contributed by atoms with E-state index in [9.17, 15) is 9.18 Å². The van der Waals surface area contributed by atoms with Crippen LogP contribution in [0.5, 0.6) is 0 Å². The van der Waals surface area contributed by atoms with Crippen LogP contribution < -0.4 is 5.32 Å². The van der Waals surface area contributed by atoms with Gasteiger partial charge in [-0.3, -0.25) is 4.90 Å². The summed E-state index contributed by atoms with van der Waals surface area (Å²) in [6, 6.07) is 6.51. The van der Waals surface area contributed by atoms with E-state index in [1.807, 2.05) is 11.8 Å². The summed E-state index contributed by atoms with van der Waals surface area (Å²) in [7, 11) is 0. The van der Waals surface area contributed by atoms with Gasteiger partial charge in [-0.05, 0) is 19.4 Å². The fourth-order valence-electron chi connectivity index (χ4n) is 3.06. The minimum absolute atomic E-state index is 0.293. The Kier molecular flexibility index (Phi) is 5.31. The number of hydrogen-bond donors (Lipinski definition) is 1. The molecule has 5 heteroatoms. The van der Waals surface area contributed by atoms with E-state index in [0.717, 1.165) is 13.1 Å². The highest BCUT2D eigenvalue weighted by Crippen LogP contribution is 2.35. The molecule has 1 atom stereocenters. The van der Waals surface area contributed by atoms with Gasteiger partial charge in [0.25, 0.3) is 0 Å². The second-order valence-electron chi connectivity index (χ2n) is 5.15. The minimum Gasteiger partial charge on any atom is -0.464 e. The van der Waals surface area contributed by atoms with E-state index in [4.69, 9.17) is 4.74 Å². The monoisotopic (exact) mass is 294 g/mol. The van der Waals surface area contributed by atoms with E-state index in [2.05, 4.69) is 5.32 Å². The molecule has 0 bridgehead atoms. The van der Waals surface area contributed by atoms with Crippen molar-refractivity contribution in [2.24, 2.45) is 0 Å². The van der Waals surface area contributed by atoms with Crippen LogP contribution in [0.25, 0.3) is 0 Å². The number of carbonyl (C=O) groups excluding carboxylic acids is 1. The molecule has 1 saturated heterocycles. The van der Waals surface area contributed by atoms with E-state index in [1.54, 1.807) is 25.1 Å². The molecule has 0 amide bonds. The molecular formula is C16H23FN2O2. The minimum atomic E-state index is -1.04. The molecule has 0 aromatic heterocycles. The molecule has 0 radical (unpaired) electrons. The summed E-state index contributed by atoms with van der Waals surface area (Å²) in [4.78, 5) is 14.7. The highest BCUT2D eigenvalue weighted by Gasteiger charge is 2.47. The van der Waals surface area contributed by atoms with Gasteiger partial charge in [-0.2, -0.15) is 0 Å². The first kappa shape index (κ1) is 15.9. The van der Waals surface area contributed by atoms with Gasteiger partial charge in [0.05, 0.1) is 6.61 Å². The Hall–Kier alpha value is -1.46. The van der Waals surface area contributed by atoms with E-state index in [1.165, 1.54) is 6.07 Å². The third-order valence-electron chi connectivity index (χ3n) is 4.10. The van der Waals surface area contributed by atoms with Crippen LogP contribution in [0.2, 0.25) is 0 Å². The van der Waals surface area contributed by atoms with Crippen molar-refractivity contribution in [2.75, 3.05) is 32.8 Å². The molecule has 2 rings (SSSR count). The number of nitrogens with zero attached hydrogens (tertiary/aromatic N) is 1. The Balaban J connectivity index is 2.50. The van der Waals surface area contributed by atoms with E-state index < -0.39 is 5.54 Å². The summed E-state index contributed by atoms with van der Waals surface area (Å²) >= 11 is 0. The highest BCUT2D eigenvalue weighted by atomic mass is 19.1. The molecule has 21 heavy (non-hydrogen) atoms. The highest BCUT2D eigenvalue weighted by molar-refractivity contribution is 5.82. The Labute approximate surface area is 125 Å². The molecule has 1 unspecified atom stereocenters. The van der Waals surface area contributed by atoms with Gasteiger partial charge in [0.15, 0.2) is 0 Å². The van der Waals surface area contributed by atoms with Gasteiger partial charge in [-0.1, -0.05) is 25.1 Å². The lowest BCUT2D eigenvalue weighted by Gasteiger charge is -2.43. The molecule has 1 heterocycles. The van der Waals surface area contributed by atoms with Crippen molar-refractivity contribution in [3.63, 3.8) is 0 Å². The number of halogens is 1. The molecule has 0 saturated carbocycles. The van der Waals surface area contributed by atoms with Crippen LogP contribution in [0.3, 0.4) is 0 Å². The summed E-state index contributed by atoms with van der Waals surface area (Å²) in [5.41, 5.74) is -0.628. The van der Waals surface area contributed by atoms with Crippen molar-refractivity contribution in [1.82, 2.24) is 10.2 Å². The predicted molar refractivity (Wildman–Crippen MR) is 79.4 cm³/mol. The molecule has 1 aromatic rings. The quantitative estimate of drug-likeness (QED) is 0.842. The van der Waals surface area contributed by atoms with Gasteiger partial charge < -0.3 is 10.1 Å². The summed E-state index contributed by atoms with van der Waals surface area (Å²) in [5.74, 6) is -0.717. The van der Waals surface area contributed by atoms with Gasteiger partial charge in [0.1, 0.15) is 11.4 Å². The van der Waals surface area contributed by atoms with Gasteiger partial charge in [0, 0.05) is 31.7 Å². The maximum Gasteiger partial charge on any atom is 0.331 e. The van der Waals surface area contributed by atoms with Crippen LogP contribution in [0.4, 0.5) is 4.39 Å². The normalized spacial score (nSPS) is 19.0. The first-order valence-corrected chi connectivity index (χ1v) is 7.54. The number of ether oxygens (including phenoxy) is 1. The van der Waals surface area contributed by atoms with Crippen molar-refractivity contribution in [1.29, 1.82) is 0 Å². The van der Waals surface area contributed by atoms with E-state index >= 15 is 0 Å². The fraction of sp³-hybridized carbons (Fsp3) is 0.562. The van der Waals surface area contributed by atoms with Crippen molar-refractivity contribution >= 4 is 5.97 Å². The molecule has 1 N–H and O–H groups in total. The number of hydrogen-bond acceptors (Lipinski definition) is 4. The van der Waals surface area contributed by atoms with E-state index in [0.29, 0.717) is 31.7 Å². The van der Waals surface area contributed by atoms with Gasteiger partial charge in [0.2, 0.25) is 0 Å². The van der Waals surface area contributed by atoms with Crippen LogP contribution in [-0.4, -0.2) is 43.7 Å². The van der Waals surface area contributed by atoms with Gasteiger partial charge in [-0.25, -0.2) is 9.18 Å². The summed E-state index contributed by atoms with van der Waals surface area (Å²) in [6.45, 7) is 6.94. The Morgan fingerprint density at radius 1 is 1.33 bits per heavy atom. The molecule has 1 aromatic carbocycles. The van der Waals surface area contributed by atoms with Crippen LogP contribution in [0.1, 0.15) is 25.8 Å². The molecule has 1 aliphatic heterocycles. The average Bonchev–Trinajstić information content (AvgIpc) is 2.52. The maximum absolute atomic E-state index is 14.4. The first-order valence-electron chi connectivity index (χ1n) is 7.54. The smallest absolute Gasteiger partial charge is 0.331 e. The van der Waals surface area contributed by atoms with Crippen LogP contribution in [-0.2, 0) is 15.1 Å². The van der Waals surface area contributed by atoms with Crippen molar-refractivity contribution in [2.45, 2.75) is 25.8 Å². The van der Waals surface area contributed by atoms with Gasteiger partial charge in [-0.15, -0.1) is 0 Å². The number of esters is 1. The molecule has 4 nitrogen and oxygen atoms in total. The number of benzene rings is 1. The number of rotatable bonds is 5. The topological polar surface area (TPSA) is 41.6 Å². The lowest BCUT2D eigenvalue weighted by Crippen LogP contribution is -2.58. The standard InChI is InChI=1S/C16H23FN2O2/c1-3-16(15(20)21-4-2,19-11-9-18-10-12-19)13-7-5-6-8-14(13)17/h5-8,18H,3-4,9-12H2,1-2H3. The molecule has 116 valence electrons. The van der Waals surface area contributed by atoms with Crippen molar-refractivity contribution in [3.05, 3.63) is 35.6 Å². The van der Waals surface area contributed by atoms with Crippen molar-refractivity contribution < 1.29 is 13.9 Å². The second-order valence-corrected chi connectivity index (χ2v) is 5.15.